The van der Waals surface area contributed by atoms with E-state index in [4.69, 9.17) is 4.42 Å². The minimum Gasteiger partial charge on any atom is -0.456 e. The van der Waals surface area contributed by atoms with Crippen LogP contribution in [0.3, 0.4) is 0 Å². The highest BCUT2D eigenvalue weighted by atomic mass is 16.3. The highest BCUT2D eigenvalue weighted by molar-refractivity contribution is 6.23. The lowest BCUT2D eigenvalue weighted by molar-refractivity contribution is 0.661. The van der Waals surface area contributed by atoms with Crippen molar-refractivity contribution < 1.29 is 4.42 Å². The fourth-order valence-electron chi connectivity index (χ4n) is 8.69. The Bertz CT molecular complexity index is 3100. The standard InChI is InChI=1S/C52H35NO/c1-2-11-34(12-3-1)38-16-10-17-41(31-38)53(42-27-30-46-48-29-24-36-14-5-9-20-45(36)52(48)54-50(46)33-42)40-25-21-37(22-26-40)49-32-39-15-6-7-18-43(39)47-28-23-35-13-4-8-19-44(35)51(47)49/h1-8,10-19,21-33H,9,20H2. The van der Waals surface area contributed by atoms with Gasteiger partial charge in [0.15, 0.2) is 0 Å². The van der Waals surface area contributed by atoms with Crippen molar-refractivity contribution in [2.45, 2.75) is 12.8 Å². The first-order valence-electron chi connectivity index (χ1n) is 18.8. The van der Waals surface area contributed by atoms with Crippen LogP contribution in [-0.4, -0.2) is 0 Å². The second-order valence-corrected chi connectivity index (χ2v) is 14.4. The van der Waals surface area contributed by atoms with Gasteiger partial charge in [0, 0.05) is 39.5 Å². The fourth-order valence-corrected chi connectivity index (χ4v) is 8.69. The van der Waals surface area contributed by atoms with Gasteiger partial charge in [-0.1, -0.05) is 133 Å². The summed E-state index contributed by atoms with van der Waals surface area (Å²) in [7, 11) is 0. The van der Waals surface area contributed by atoms with Crippen molar-refractivity contribution >= 4 is 77.4 Å². The quantitative estimate of drug-likeness (QED) is 0.167. The fraction of sp³-hybridized carbons (Fsp3) is 0.0385. The smallest absolute Gasteiger partial charge is 0.139 e. The minimum absolute atomic E-state index is 0.904. The molecule has 0 atom stereocenters. The van der Waals surface area contributed by atoms with Crippen LogP contribution in [0.1, 0.15) is 17.5 Å². The first-order chi connectivity index (χ1) is 26.8. The maximum atomic E-state index is 6.73. The number of anilines is 3. The summed E-state index contributed by atoms with van der Waals surface area (Å²) in [5.74, 6) is 0. The predicted octanol–water partition coefficient (Wildman–Crippen LogP) is 14.8. The first kappa shape index (κ1) is 30.7. The third-order valence-corrected chi connectivity index (χ3v) is 11.3. The van der Waals surface area contributed by atoms with Crippen molar-refractivity contribution in [3.63, 3.8) is 0 Å². The molecule has 11 rings (SSSR count). The molecule has 1 aliphatic carbocycles. The van der Waals surface area contributed by atoms with Crippen molar-refractivity contribution in [3.05, 3.63) is 193 Å². The summed E-state index contributed by atoms with van der Waals surface area (Å²) in [5, 5.41) is 9.95. The summed E-state index contributed by atoms with van der Waals surface area (Å²) in [4.78, 5) is 2.36. The highest BCUT2D eigenvalue weighted by Crippen LogP contribution is 2.43. The number of allylic oxidation sites excluding steroid dienone is 1. The number of rotatable bonds is 5. The largest absolute Gasteiger partial charge is 0.456 e. The van der Waals surface area contributed by atoms with Gasteiger partial charge in [0.25, 0.3) is 0 Å². The van der Waals surface area contributed by atoms with Gasteiger partial charge in [0.2, 0.25) is 0 Å². The Balaban J connectivity index is 1.09. The highest BCUT2D eigenvalue weighted by Gasteiger charge is 2.20. The first-order valence-corrected chi connectivity index (χ1v) is 18.8. The lowest BCUT2D eigenvalue weighted by Gasteiger charge is -2.26. The van der Waals surface area contributed by atoms with Gasteiger partial charge in [-0.25, -0.2) is 0 Å². The SMILES string of the molecule is C1=Cc2ccc3c(oc4cc(N(c5ccc(-c6cc7ccccc7c7ccc8ccccc8c67)cc5)c5cccc(-c6ccccc6)c5)ccc43)c2CC1. The Hall–Kier alpha value is -6.90. The normalized spacial score (nSPS) is 12.6. The van der Waals surface area contributed by atoms with Crippen LogP contribution in [0.5, 0.6) is 0 Å². The molecule has 10 aromatic rings. The van der Waals surface area contributed by atoms with Crippen LogP contribution in [0.4, 0.5) is 17.1 Å². The van der Waals surface area contributed by atoms with Crippen LogP contribution in [0.25, 0.3) is 82.6 Å². The monoisotopic (exact) mass is 689 g/mol. The number of benzene rings is 9. The van der Waals surface area contributed by atoms with Crippen molar-refractivity contribution in [2.24, 2.45) is 0 Å². The lowest BCUT2D eigenvalue weighted by atomic mass is 9.90. The van der Waals surface area contributed by atoms with E-state index in [1.165, 1.54) is 71.1 Å². The number of furan rings is 1. The van der Waals surface area contributed by atoms with Crippen molar-refractivity contribution in [1.29, 1.82) is 0 Å². The van der Waals surface area contributed by atoms with Gasteiger partial charge in [-0.2, -0.15) is 0 Å². The predicted molar refractivity (Wildman–Crippen MR) is 229 cm³/mol. The Morgan fingerprint density at radius 3 is 2.06 bits per heavy atom. The molecule has 9 aromatic carbocycles. The Kier molecular flexibility index (Phi) is 7.03. The van der Waals surface area contributed by atoms with E-state index in [1.807, 2.05) is 0 Å². The van der Waals surface area contributed by atoms with E-state index in [9.17, 15) is 0 Å². The molecular weight excluding hydrogens is 655 g/mol. The van der Waals surface area contributed by atoms with Gasteiger partial charge in [-0.3, -0.25) is 0 Å². The van der Waals surface area contributed by atoms with Crippen molar-refractivity contribution in [1.82, 2.24) is 0 Å². The van der Waals surface area contributed by atoms with Gasteiger partial charge in [0.1, 0.15) is 11.2 Å². The molecule has 0 fully saturated rings. The summed E-state index contributed by atoms with van der Waals surface area (Å²) in [6.07, 6.45) is 6.53. The van der Waals surface area contributed by atoms with E-state index in [-0.39, 0.29) is 0 Å². The van der Waals surface area contributed by atoms with Gasteiger partial charge < -0.3 is 9.32 Å². The summed E-state index contributed by atoms with van der Waals surface area (Å²) >= 11 is 0. The number of nitrogens with zero attached hydrogens (tertiary/aromatic N) is 1. The van der Waals surface area contributed by atoms with Crippen LogP contribution in [-0.2, 0) is 6.42 Å². The second-order valence-electron chi connectivity index (χ2n) is 14.4. The number of hydrogen-bond acceptors (Lipinski definition) is 2. The molecule has 2 heteroatoms. The molecule has 0 aliphatic heterocycles. The van der Waals surface area contributed by atoms with E-state index in [0.29, 0.717) is 0 Å². The van der Waals surface area contributed by atoms with Gasteiger partial charge in [-0.15, -0.1) is 0 Å². The molecule has 0 spiro atoms. The topological polar surface area (TPSA) is 16.4 Å². The molecular formula is C52H35NO. The molecule has 0 N–H and O–H groups in total. The molecule has 1 aromatic heterocycles. The van der Waals surface area contributed by atoms with Gasteiger partial charge in [0.05, 0.1) is 0 Å². The van der Waals surface area contributed by atoms with Crippen LogP contribution in [0, 0.1) is 0 Å². The summed E-state index contributed by atoms with van der Waals surface area (Å²) in [6, 6.07) is 64.1. The Morgan fingerprint density at radius 1 is 0.444 bits per heavy atom. The third-order valence-electron chi connectivity index (χ3n) is 11.3. The molecule has 1 aliphatic rings. The van der Waals surface area contributed by atoms with E-state index in [0.717, 1.165) is 46.5 Å². The van der Waals surface area contributed by atoms with Crippen molar-refractivity contribution in [3.8, 4) is 22.3 Å². The molecule has 0 saturated heterocycles. The van der Waals surface area contributed by atoms with E-state index in [1.54, 1.807) is 0 Å². The number of hydrogen-bond donors (Lipinski definition) is 0. The third kappa shape index (κ3) is 4.95. The van der Waals surface area contributed by atoms with Crippen molar-refractivity contribution in [2.75, 3.05) is 4.90 Å². The van der Waals surface area contributed by atoms with Crippen LogP contribution >= 0.6 is 0 Å². The molecule has 54 heavy (non-hydrogen) atoms. The van der Waals surface area contributed by atoms with Crippen LogP contribution in [0.15, 0.2) is 186 Å². The average molecular weight is 690 g/mol. The molecule has 0 radical (unpaired) electrons. The van der Waals surface area contributed by atoms with E-state index < -0.39 is 0 Å². The zero-order valence-corrected chi connectivity index (χ0v) is 29.7. The van der Waals surface area contributed by atoms with Crippen LogP contribution in [0.2, 0.25) is 0 Å². The molecule has 1 heterocycles. The summed E-state index contributed by atoms with van der Waals surface area (Å²) in [6.45, 7) is 0. The van der Waals surface area contributed by atoms with Crippen LogP contribution < -0.4 is 4.90 Å². The molecule has 0 amide bonds. The molecule has 254 valence electrons. The summed E-state index contributed by atoms with van der Waals surface area (Å²) in [5.41, 5.74) is 12.5. The minimum atomic E-state index is 0.904. The molecule has 0 unspecified atom stereocenters. The second kappa shape index (κ2) is 12.4. The molecule has 0 bridgehead atoms. The Morgan fingerprint density at radius 2 is 1.17 bits per heavy atom. The number of fused-ring (bicyclic) bond motifs is 10. The molecule has 0 saturated carbocycles. The lowest BCUT2D eigenvalue weighted by Crippen LogP contribution is -2.10. The number of aryl methyl sites for hydroxylation is 1. The zero-order valence-electron chi connectivity index (χ0n) is 29.7. The maximum Gasteiger partial charge on any atom is 0.139 e. The summed E-state index contributed by atoms with van der Waals surface area (Å²) < 4.78 is 6.73. The maximum absolute atomic E-state index is 6.73. The zero-order chi connectivity index (χ0) is 35.6. The van der Waals surface area contributed by atoms with E-state index in [2.05, 4.69) is 193 Å². The average Bonchev–Trinajstić information content (AvgIpc) is 3.63. The van der Waals surface area contributed by atoms with Gasteiger partial charge >= 0.3 is 0 Å². The van der Waals surface area contributed by atoms with Gasteiger partial charge in [-0.05, 0) is 122 Å². The Labute approximate surface area is 313 Å². The molecule has 2 nitrogen and oxygen atoms in total. The van der Waals surface area contributed by atoms with E-state index >= 15 is 0 Å².